The van der Waals surface area contributed by atoms with Gasteiger partial charge in [-0.25, -0.2) is 4.98 Å². The molecule has 0 amide bonds. The summed E-state index contributed by atoms with van der Waals surface area (Å²) in [6.07, 6.45) is -0.302. The highest BCUT2D eigenvalue weighted by molar-refractivity contribution is 7.13. The van der Waals surface area contributed by atoms with Gasteiger partial charge >= 0.3 is 0 Å². The van der Waals surface area contributed by atoms with Crippen LogP contribution in [-0.2, 0) is 0 Å². The molecular formula is C9H16N2OS. The fourth-order valence-electron chi connectivity index (χ4n) is 0.863. The average molecular weight is 200 g/mol. The van der Waals surface area contributed by atoms with E-state index in [9.17, 15) is 5.11 Å². The summed E-state index contributed by atoms with van der Waals surface area (Å²) in [6, 6.07) is 0. The van der Waals surface area contributed by atoms with E-state index in [1.807, 2.05) is 26.2 Å². The van der Waals surface area contributed by atoms with Crippen LogP contribution >= 0.6 is 11.3 Å². The van der Waals surface area contributed by atoms with E-state index in [-0.39, 0.29) is 12.0 Å². The number of hydrogen-bond acceptors (Lipinski definition) is 4. The lowest BCUT2D eigenvalue weighted by Gasteiger charge is -2.14. The van der Waals surface area contributed by atoms with Crippen LogP contribution in [0.15, 0.2) is 5.38 Å². The highest BCUT2D eigenvalue weighted by Crippen LogP contribution is 2.14. The highest BCUT2D eigenvalue weighted by atomic mass is 32.1. The lowest BCUT2D eigenvalue weighted by atomic mass is 10.1. The number of thiazole rings is 1. The number of rotatable bonds is 4. The van der Waals surface area contributed by atoms with Crippen molar-refractivity contribution in [2.24, 2.45) is 5.92 Å². The van der Waals surface area contributed by atoms with E-state index in [2.05, 4.69) is 10.3 Å². The molecule has 0 radical (unpaired) electrons. The van der Waals surface area contributed by atoms with Gasteiger partial charge in [-0.2, -0.15) is 0 Å². The Morgan fingerprint density at radius 3 is 2.77 bits per heavy atom. The quantitative estimate of drug-likeness (QED) is 0.780. The summed E-state index contributed by atoms with van der Waals surface area (Å²) >= 11 is 1.57. The molecule has 2 N–H and O–H groups in total. The normalized spacial score (nSPS) is 13.3. The summed E-state index contributed by atoms with van der Waals surface area (Å²) in [7, 11) is 0. The van der Waals surface area contributed by atoms with Crippen LogP contribution in [0.3, 0.4) is 0 Å². The summed E-state index contributed by atoms with van der Waals surface area (Å²) in [5.74, 6) is 0.286. The Hall–Kier alpha value is -0.610. The lowest BCUT2D eigenvalue weighted by molar-refractivity contribution is 0.138. The van der Waals surface area contributed by atoms with Gasteiger partial charge in [-0.1, -0.05) is 13.8 Å². The fraction of sp³-hybridized carbons (Fsp3) is 0.667. The van der Waals surface area contributed by atoms with E-state index in [1.54, 1.807) is 11.3 Å². The molecule has 1 rings (SSSR count). The summed E-state index contributed by atoms with van der Waals surface area (Å²) in [4.78, 5) is 4.24. The van der Waals surface area contributed by atoms with Crippen molar-refractivity contribution >= 4 is 16.5 Å². The lowest BCUT2D eigenvalue weighted by Crippen LogP contribution is -2.24. The molecule has 0 aliphatic carbocycles. The zero-order valence-corrected chi connectivity index (χ0v) is 9.06. The first kappa shape index (κ1) is 10.5. The second-order valence-electron chi connectivity index (χ2n) is 3.49. The van der Waals surface area contributed by atoms with Crippen LogP contribution in [-0.4, -0.2) is 22.7 Å². The Labute approximate surface area is 82.8 Å². The molecule has 0 saturated heterocycles. The van der Waals surface area contributed by atoms with Crippen molar-refractivity contribution in [1.29, 1.82) is 0 Å². The molecule has 1 aromatic rings. The van der Waals surface area contributed by atoms with E-state index in [4.69, 9.17) is 0 Å². The molecule has 0 aliphatic heterocycles. The molecule has 1 atom stereocenters. The van der Waals surface area contributed by atoms with Gasteiger partial charge in [-0.05, 0) is 12.8 Å². The van der Waals surface area contributed by atoms with Gasteiger partial charge in [0.2, 0.25) is 0 Å². The van der Waals surface area contributed by atoms with E-state index >= 15 is 0 Å². The molecule has 13 heavy (non-hydrogen) atoms. The largest absolute Gasteiger partial charge is 0.391 e. The molecule has 1 heterocycles. The predicted octanol–water partition coefficient (Wildman–Crippen LogP) is 1.88. The first-order valence-corrected chi connectivity index (χ1v) is 5.31. The number of aryl methyl sites for hydroxylation is 1. The molecule has 0 bridgehead atoms. The third-order valence-corrected chi connectivity index (χ3v) is 2.77. The van der Waals surface area contributed by atoms with E-state index in [1.165, 1.54) is 0 Å². The Morgan fingerprint density at radius 1 is 1.62 bits per heavy atom. The summed E-state index contributed by atoms with van der Waals surface area (Å²) in [5.41, 5.74) is 1.02. The first-order chi connectivity index (χ1) is 6.09. The number of nitrogens with zero attached hydrogens (tertiary/aromatic N) is 1. The molecule has 1 aromatic heterocycles. The second-order valence-corrected chi connectivity index (χ2v) is 4.34. The SMILES string of the molecule is Cc1csc(NCC(O)C(C)C)n1. The van der Waals surface area contributed by atoms with Gasteiger partial charge in [0.1, 0.15) is 0 Å². The van der Waals surface area contributed by atoms with Gasteiger partial charge in [0.25, 0.3) is 0 Å². The monoisotopic (exact) mass is 200 g/mol. The number of aliphatic hydroxyl groups excluding tert-OH is 1. The molecule has 0 saturated carbocycles. The average Bonchev–Trinajstić information content (AvgIpc) is 2.47. The number of anilines is 1. The van der Waals surface area contributed by atoms with E-state index in [0.717, 1.165) is 10.8 Å². The van der Waals surface area contributed by atoms with Crippen LogP contribution in [0, 0.1) is 12.8 Å². The van der Waals surface area contributed by atoms with Crippen molar-refractivity contribution < 1.29 is 5.11 Å². The van der Waals surface area contributed by atoms with Gasteiger partial charge in [-0.15, -0.1) is 11.3 Å². The highest BCUT2D eigenvalue weighted by Gasteiger charge is 2.08. The van der Waals surface area contributed by atoms with Crippen molar-refractivity contribution in [3.8, 4) is 0 Å². The van der Waals surface area contributed by atoms with Gasteiger partial charge in [0.05, 0.1) is 11.8 Å². The molecule has 0 aliphatic rings. The smallest absolute Gasteiger partial charge is 0.182 e. The summed E-state index contributed by atoms with van der Waals surface area (Å²) < 4.78 is 0. The maximum absolute atomic E-state index is 9.51. The van der Waals surface area contributed by atoms with E-state index < -0.39 is 0 Å². The Kier molecular flexibility index (Phi) is 3.69. The van der Waals surface area contributed by atoms with Crippen LogP contribution in [0.25, 0.3) is 0 Å². The number of aromatic nitrogens is 1. The van der Waals surface area contributed by atoms with Gasteiger partial charge < -0.3 is 10.4 Å². The van der Waals surface area contributed by atoms with Crippen molar-refractivity contribution in [3.63, 3.8) is 0 Å². The molecule has 0 aromatic carbocycles. The van der Waals surface area contributed by atoms with Gasteiger partial charge in [0.15, 0.2) is 5.13 Å². The van der Waals surface area contributed by atoms with Crippen molar-refractivity contribution in [2.75, 3.05) is 11.9 Å². The van der Waals surface area contributed by atoms with Crippen LogP contribution in [0.2, 0.25) is 0 Å². The molecule has 4 heteroatoms. The molecule has 0 fully saturated rings. The van der Waals surface area contributed by atoms with Crippen LogP contribution in [0.5, 0.6) is 0 Å². The van der Waals surface area contributed by atoms with Crippen molar-refractivity contribution in [3.05, 3.63) is 11.1 Å². The maximum Gasteiger partial charge on any atom is 0.182 e. The fourth-order valence-corrected chi connectivity index (χ4v) is 1.56. The molecule has 1 unspecified atom stereocenters. The molecular weight excluding hydrogens is 184 g/mol. The number of hydrogen-bond donors (Lipinski definition) is 2. The minimum Gasteiger partial charge on any atom is -0.391 e. The van der Waals surface area contributed by atoms with Crippen molar-refractivity contribution in [1.82, 2.24) is 4.98 Å². The maximum atomic E-state index is 9.51. The molecule has 74 valence electrons. The standard InChI is InChI=1S/C9H16N2OS/c1-6(2)8(12)4-10-9-11-7(3)5-13-9/h5-6,8,12H,4H2,1-3H3,(H,10,11). The topological polar surface area (TPSA) is 45.1 Å². The zero-order valence-electron chi connectivity index (χ0n) is 8.24. The number of aliphatic hydroxyl groups is 1. The van der Waals surface area contributed by atoms with Gasteiger partial charge in [0, 0.05) is 11.9 Å². The number of nitrogens with one attached hydrogen (secondary N) is 1. The van der Waals surface area contributed by atoms with Gasteiger partial charge in [-0.3, -0.25) is 0 Å². The second kappa shape index (κ2) is 4.58. The third kappa shape index (κ3) is 3.32. The summed E-state index contributed by atoms with van der Waals surface area (Å²) in [5, 5.41) is 15.5. The molecule has 0 spiro atoms. The minimum atomic E-state index is -0.302. The first-order valence-electron chi connectivity index (χ1n) is 4.43. The van der Waals surface area contributed by atoms with E-state index in [0.29, 0.717) is 6.54 Å². The zero-order chi connectivity index (χ0) is 9.84. The van der Waals surface area contributed by atoms with Crippen LogP contribution < -0.4 is 5.32 Å². The predicted molar refractivity (Wildman–Crippen MR) is 56.2 cm³/mol. The minimum absolute atomic E-state index is 0.286. The third-order valence-electron chi connectivity index (χ3n) is 1.85. The molecule has 3 nitrogen and oxygen atoms in total. The van der Waals surface area contributed by atoms with Crippen LogP contribution in [0.1, 0.15) is 19.5 Å². The van der Waals surface area contributed by atoms with Crippen molar-refractivity contribution in [2.45, 2.75) is 26.9 Å². The Morgan fingerprint density at radius 2 is 2.31 bits per heavy atom. The Balaban J connectivity index is 2.35. The summed E-state index contributed by atoms with van der Waals surface area (Å²) in [6.45, 7) is 6.53. The van der Waals surface area contributed by atoms with Crippen LogP contribution in [0.4, 0.5) is 5.13 Å². The Bertz CT molecular complexity index is 260.